The van der Waals surface area contributed by atoms with E-state index in [4.69, 9.17) is 10.2 Å². The van der Waals surface area contributed by atoms with Crippen molar-refractivity contribution in [3.8, 4) is 16.6 Å². The van der Waals surface area contributed by atoms with E-state index in [1.54, 1.807) is 34.9 Å². The van der Waals surface area contributed by atoms with Crippen LogP contribution in [0, 0.1) is 25.2 Å². The summed E-state index contributed by atoms with van der Waals surface area (Å²) in [5.41, 5.74) is 5.84. The van der Waals surface area contributed by atoms with Crippen LogP contribution in [0.15, 0.2) is 42.0 Å². The maximum absolute atomic E-state index is 8.81. The van der Waals surface area contributed by atoms with E-state index in [0.717, 1.165) is 56.8 Å². The van der Waals surface area contributed by atoms with Crippen molar-refractivity contribution >= 4 is 22.7 Å². The minimum Gasteiger partial charge on any atom is -0.261 e. The van der Waals surface area contributed by atoms with Gasteiger partial charge in [-0.1, -0.05) is 12.1 Å². The fraction of sp³-hybridized carbons (Fsp3) is 0.227. The van der Waals surface area contributed by atoms with E-state index in [9.17, 15) is 0 Å². The molecule has 0 bridgehead atoms. The molecule has 4 heterocycles. The molecule has 0 aliphatic carbocycles. The highest BCUT2D eigenvalue weighted by Gasteiger charge is 2.12. The van der Waals surface area contributed by atoms with Crippen LogP contribution in [0.5, 0.6) is 0 Å². The average molecular weight is 418 g/mol. The summed E-state index contributed by atoms with van der Waals surface area (Å²) in [4.78, 5) is 19.2. The Labute approximate surface area is 177 Å². The van der Waals surface area contributed by atoms with Gasteiger partial charge in [0.1, 0.15) is 11.8 Å². The van der Waals surface area contributed by atoms with Gasteiger partial charge in [0, 0.05) is 29.9 Å². The van der Waals surface area contributed by atoms with Crippen LogP contribution >= 0.6 is 22.7 Å². The van der Waals surface area contributed by atoms with Gasteiger partial charge in [-0.15, -0.1) is 22.7 Å². The largest absolute Gasteiger partial charge is 0.261 e. The summed E-state index contributed by atoms with van der Waals surface area (Å²) in [5.74, 6) is 0. The highest BCUT2D eigenvalue weighted by molar-refractivity contribution is 7.15. The molecule has 0 aromatic carbocycles. The summed E-state index contributed by atoms with van der Waals surface area (Å²) >= 11 is 3.36. The summed E-state index contributed by atoms with van der Waals surface area (Å²) in [5, 5.41) is 13.1. The molecule has 7 heteroatoms. The van der Waals surface area contributed by atoms with Crippen molar-refractivity contribution < 1.29 is 0 Å². The summed E-state index contributed by atoms with van der Waals surface area (Å²) in [7, 11) is 0. The summed E-state index contributed by atoms with van der Waals surface area (Å²) < 4.78 is 0. The van der Waals surface area contributed by atoms with Gasteiger partial charge in [0.2, 0.25) is 0 Å². The molecule has 0 radical (unpaired) electrons. The van der Waals surface area contributed by atoms with Gasteiger partial charge < -0.3 is 0 Å². The smallest absolute Gasteiger partial charge is 0.140 e. The quantitative estimate of drug-likeness (QED) is 0.445. The third kappa shape index (κ3) is 4.73. The maximum Gasteiger partial charge on any atom is 0.140 e. The van der Waals surface area contributed by atoms with Crippen molar-refractivity contribution in [3.05, 3.63) is 80.3 Å². The molecule has 4 rings (SSSR count). The molecule has 4 aromatic heterocycles. The normalized spacial score (nSPS) is 10.8. The Kier molecular flexibility index (Phi) is 5.74. The minimum absolute atomic E-state index is 0.450. The van der Waals surface area contributed by atoms with Crippen molar-refractivity contribution in [3.63, 3.8) is 0 Å². The van der Waals surface area contributed by atoms with Crippen LogP contribution in [0.25, 0.3) is 10.6 Å². The van der Waals surface area contributed by atoms with Gasteiger partial charge >= 0.3 is 0 Å². The van der Waals surface area contributed by atoms with Crippen LogP contribution in [0.4, 0.5) is 0 Å². The average Bonchev–Trinajstić information content (AvgIpc) is 3.33. The van der Waals surface area contributed by atoms with Crippen LogP contribution < -0.4 is 0 Å². The van der Waals surface area contributed by atoms with Crippen LogP contribution in [0.3, 0.4) is 0 Å². The number of aryl methyl sites for hydroxylation is 4. The number of nitriles is 1. The molecule has 0 atom stereocenters. The molecule has 0 aliphatic heterocycles. The molecule has 0 spiro atoms. The minimum atomic E-state index is 0.450. The highest BCUT2D eigenvalue weighted by atomic mass is 32.1. The number of hydrogen-bond acceptors (Lipinski definition) is 7. The van der Waals surface area contributed by atoms with Crippen molar-refractivity contribution in [1.82, 2.24) is 19.9 Å². The first-order valence-corrected chi connectivity index (χ1v) is 11.0. The predicted molar refractivity (Wildman–Crippen MR) is 116 cm³/mol. The fourth-order valence-corrected chi connectivity index (χ4v) is 4.81. The van der Waals surface area contributed by atoms with Crippen LogP contribution in [-0.2, 0) is 19.3 Å². The van der Waals surface area contributed by atoms with Crippen LogP contribution in [0.1, 0.15) is 38.2 Å². The first-order valence-electron chi connectivity index (χ1n) is 9.28. The van der Waals surface area contributed by atoms with Gasteiger partial charge in [-0.05, 0) is 49.9 Å². The van der Waals surface area contributed by atoms with Gasteiger partial charge in [-0.25, -0.2) is 15.0 Å². The van der Waals surface area contributed by atoms with E-state index in [0.29, 0.717) is 5.69 Å². The number of nitrogens with zero attached hydrogens (tertiary/aromatic N) is 5. The van der Waals surface area contributed by atoms with E-state index < -0.39 is 0 Å². The first kappa shape index (κ1) is 19.4. The number of aromatic nitrogens is 4. The Morgan fingerprint density at radius 2 is 1.72 bits per heavy atom. The summed E-state index contributed by atoms with van der Waals surface area (Å²) in [6.45, 7) is 4.06. The molecule has 0 saturated heterocycles. The van der Waals surface area contributed by atoms with E-state index in [2.05, 4.69) is 32.5 Å². The highest BCUT2D eigenvalue weighted by Crippen LogP contribution is 2.31. The van der Waals surface area contributed by atoms with E-state index >= 15 is 0 Å². The SMILES string of the molecule is Cc1nc(C)c(-c2csc(Cc3ccc(CCc4ccc(C#N)nc4)cn3)n2)s1. The van der Waals surface area contributed by atoms with Crippen molar-refractivity contribution in [1.29, 1.82) is 5.26 Å². The van der Waals surface area contributed by atoms with E-state index in [1.807, 2.05) is 32.2 Å². The van der Waals surface area contributed by atoms with E-state index in [-0.39, 0.29) is 0 Å². The zero-order chi connectivity index (χ0) is 20.2. The standard InChI is InChI=1S/C22H19N5S2/c1-14-22(29-15(2)26-14)20-13-28-21(27-20)9-18-7-5-16(11-24-18)3-4-17-6-8-19(10-23)25-12-17/h5-8,11-13H,3-4,9H2,1-2H3. The second-order valence-electron chi connectivity index (χ2n) is 6.77. The molecule has 0 amide bonds. The van der Waals surface area contributed by atoms with Crippen molar-refractivity contribution in [2.75, 3.05) is 0 Å². The lowest BCUT2D eigenvalue weighted by atomic mass is 10.1. The Morgan fingerprint density at radius 1 is 0.966 bits per heavy atom. The second-order valence-corrected chi connectivity index (χ2v) is 8.92. The monoisotopic (exact) mass is 417 g/mol. The molecule has 4 aromatic rings. The van der Waals surface area contributed by atoms with Crippen molar-refractivity contribution in [2.24, 2.45) is 0 Å². The lowest BCUT2D eigenvalue weighted by molar-refractivity contribution is 0.929. The molecular weight excluding hydrogens is 398 g/mol. The Balaban J connectivity index is 1.37. The molecule has 0 fully saturated rings. The molecule has 0 N–H and O–H groups in total. The molecule has 0 unspecified atom stereocenters. The molecule has 0 saturated carbocycles. The van der Waals surface area contributed by atoms with Gasteiger partial charge in [0.15, 0.2) is 0 Å². The lowest BCUT2D eigenvalue weighted by Gasteiger charge is -2.03. The Morgan fingerprint density at radius 3 is 2.31 bits per heavy atom. The zero-order valence-electron chi connectivity index (χ0n) is 16.2. The van der Waals surface area contributed by atoms with Crippen LogP contribution in [0.2, 0.25) is 0 Å². The lowest BCUT2D eigenvalue weighted by Crippen LogP contribution is -1.96. The van der Waals surface area contributed by atoms with Gasteiger partial charge in [0.25, 0.3) is 0 Å². The molecule has 29 heavy (non-hydrogen) atoms. The van der Waals surface area contributed by atoms with Crippen molar-refractivity contribution in [2.45, 2.75) is 33.1 Å². The first-order chi connectivity index (χ1) is 14.1. The Bertz CT molecular complexity index is 1150. The molecule has 144 valence electrons. The zero-order valence-corrected chi connectivity index (χ0v) is 17.8. The summed E-state index contributed by atoms with van der Waals surface area (Å²) in [6, 6.07) is 9.97. The maximum atomic E-state index is 8.81. The third-order valence-electron chi connectivity index (χ3n) is 4.55. The fourth-order valence-electron chi connectivity index (χ4n) is 3.06. The summed E-state index contributed by atoms with van der Waals surface area (Å²) in [6.07, 6.45) is 6.22. The van der Waals surface area contributed by atoms with Crippen LogP contribution in [-0.4, -0.2) is 19.9 Å². The number of rotatable bonds is 6. The Hall–Kier alpha value is -2.95. The number of hydrogen-bond donors (Lipinski definition) is 0. The molecular formula is C22H19N5S2. The number of thiazole rings is 2. The van der Waals surface area contributed by atoms with E-state index in [1.165, 1.54) is 5.56 Å². The van der Waals surface area contributed by atoms with Gasteiger partial charge in [-0.3, -0.25) is 4.98 Å². The predicted octanol–water partition coefficient (Wildman–Crippen LogP) is 4.92. The second kappa shape index (κ2) is 8.60. The topological polar surface area (TPSA) is 75.3 Å². The molecule has 5 nitrogen and oxygen atoms in total. The molecule has 0 aliphatic rings. The van der Waals surface area contributed by atoms with Gasteiger partial charge in [-0.2, -0.15) is 5.26 Å². The van der Waals surface area contributed by atoms with Gasteiger partial charge in [0.05, 0.1) is 26.3 Å². The third-order valence-corrected chi connectivity index (χ3v) is 6.49. The number of pyridine rings is 2.